The van der Waals surface area contributed by atoms with Crippen LogP contribution in [0.1, 0.15) is 18.7 Å². The minimum Gasteiger partial charge on any atom is -0.311 e. The molecule has 1 heterocycles. The fourth-order valence-corrected chi connectivity index (χ4v) is 4.63. The maximum Gasteiger partial charge on any atom is 0.250 e. The normalized spacial score (nSPS) is 11.5. The summed E-state index contributed by atoms with van der Waals surface area (Å²) in [4.78, 5) is 14.3. The Kier molecular flexibility index (Phi) is 6.40. The molecular weight excluding hydrogens is 368 g/mol. The number of sulfonamides is 1. The van der Waals surface area contributed by atoms with E-state index in [2.05, 4.69) is 4.72 Å². The highest BCUT2D eigenvalue weighted by atomic mass is 35.5. The van der Waals surface area contributed by atoms with Gasteiger partial charge in [0.1, 0.15) is 4.21 Å². The average Bonchev–Trinajstić information content (AvgIpc) is 3.02. The lowest BCUT2D eigenvalue weighted by molar-refractivity contribution is -0.116. The molecule has 2 rings (SSSR count). The van der Waals surface area contributed by atoms with Gasteiger partial charge in [-0.2, -0.15) is 0 Å². The van der Waals surface area contributed by atoms with Gasteiger partial charge in [-0.1, -0.05) is 18.5 Å². The third-order valence-electron chi connectivity index (χ3n) is 3.40. The van der Waals surface area contributed by atoms with E-state index in [0.29, 0.717) is 14.9 Å². The van der Waals surface area contributed by atoms with Crippen LogP contribution in [-0.4, -0.2) is 27.4 Å². The highest BCUT2D eigenvalue weighted by Crippen LogP contribution is 2.22. The van der Waals surface area contributed by atoms with E-state index in [4.69, 9.17) is 11.6 Å². The van der Waals surface area contributed by atoms with Crippen LogP contribution in [0.4, 0.5) is 5.69 Å². The van der Waals surface area contributed by atoms with E-state index in [1.165, 1.54) is 23.2 Å². The molecule has 0 saturated heterocycles. The van der Waals surface area contributed by atoms with E-state index in [0.717, 1.165) is 11.3 Å². The van der Waals surface area contributed by atoms with E-state index in [9.17, 15) is 13.2 Å². The van der Waals surface area contributed by atoms with Gasteiger partial charge in [-0.3, -0.25) is 4.79 Å². The maximum absolute atomic E-state index is 12.3. The summed E-state index contributed by atoms with van der Waals surface area (Å²) in [7, 11) is -3.55. The number of hydrogen-bond donors (Lipinski definition) is 1. The molecule has 0 aliphatic heterocycles. The molecule has 1 amide bonds. The number of nitrogens with zero attached hydrogens (tertiary/aromatic N) is 1. The number of carbonyl (C=O) groups excluding carboxylic acids is 1. The molecule has 0 aliphatic carbocycles. The molecule has 8 heteroatoms. The summed E-state index contributed by atoms with van der Waals surface area (Å²) in [6, 6.07) is 10.3. The third kappa shape index (κ3) is 4.80. The first kappa shape index (κ1) is 18.9. The molecule has 0 aliphatic rings. The first-order valence-corrected chi connectivity index (χ1v) is 10.1. The van der Waals surface area contributed by atoms with Crippen LogP contribution in [0.5, 0.6) is 0 Å². The van der Waals surface area contributed by atoms with Crippen molar-refractivity contribution in [3.8, 4) is 0 Å². The zero-order valence-electron chi connectivity index (χ0n) is 13.5. The molecule has 0 fully saturated rings. The molecule has 0 atom stereocenters. The Balaban J connectivity index is 2.02. The predicted octanol–water partition coefficient (Wildman–Crippen LogP) is 3.30. The summed E-state index contributed by atoms with van der Waals surface area (Å²) >= 11 is 7.11. The summed E-state index contributed by atoms with van der Waals surface area (Å²) < 4.78 is 27.4. The van der Waals surface area contributed by atoms with Gasteiger partial charge in [0, 0.05) is 35.6 Å². The topological polar surface area (TPSA) is 66.5 Å². The second-order valence-corrected chi connectivity index (χ2v) is 8.72. The van der Waals surface area contributed by atoms with Gasteiger partial charge in [0.15, 0.2) is 0 Å². The second-order valence-electron chi connectivity index (χ2n) is 5.12. The smallest absolute Gasteiger partial charge is 0.250 e. The Morgan fingerprint density at radius 3 is 2.42 bits per heavy atom. The van der Waals surface area contributed by atoms with Crippen LogP contribution < -0.4 is 9.62 Å². The molecule has 130 valence electrons. The number of nitrogens with one attached hydrogen (secondary N) is 1. The molecule has 0 bridgehead atoms. The number of aryl methyl sites for hydroxylation is 1. The molecular formula is C16H19ClN2O3S2. The Hall–Kier alpha value is -1.41. The van der Waals surface area contributed by atoms with Crippen LogP contribution in [0.2, 0.25) is 5.02 Å². The molecule has 2 aromatic rings. The van der Waals surface area contributed by atoms with E-state index in [-0.39, 0.29) is 19.0 Å². The molecule has 0 spiro atoms. The average molecular weight is 387 g/mol. The summed E-state index contributed by atoms with van der Waals surface area (Å²) in [6.45, 7) is 3.79. The summed E-state index contributed by atoms with van der Waals surface area (Å²) in [5.41, 5.74) is 0.676. The fraction of sp³-hybridized carbons (Fsp3) is 0.312. The minimum atomic E-state index is -3.55. The van der Waals surface area contributed by atoms with Gasteiger partial charge in [-0.05, 0) is 42.8 Å². The van der Waals surface area contributed by atoms with E-state index in [1.807, 2.05) is 13.0 Å². The largest absolute Gasteiger partial charge is 0.311 e. The Morgan fingerprint density at radius 2 is 1.88 bits per heavy atom. The molecule has 1 aromatic heterocycles. The van der Waals surface area contributed by atoms with Crippen LogP contribution in [0.25, 0.3) is 0 Å². The number of amides is 1. The van der Waals surface area contributed by atoms with Crippen LogP contribution >= 0.6 is 22.9 Å². The predicted molar refractivity (Wildman–Crippen MR) is 98.4 cm³/mol. The number of thiophene rings is 1. The molecule has 0 unspecified atom stereocenters. The molecule has 1 aromatic carbocycles. The van der Waals surface area contributed by atoms with Crippen molar-refractivity contribution in [1.82, 2.24) is 4.72 Å². The number of rotatable bonds is 7. The van der Waals surface area contributed by atoms with Crippen molar-refractivity contribution < 1.29 is 13.2 Å². The lowest BCUT2D eigenvalue weighted by atomic mass is 10.3. The van der Waals surface area contributed by atoms with Crippen LogP contribution in [-0.2, 0) is 21.2 Å². The maximum atomic E-state index is 12.3. The Bertz CT molecular complexity index is 801. The minimum absolute atomic E-state index is 0.129. The lowest BCUT2D eigenvalue weighted by Crippen LogP contribution is -2.37. The second kappa shape index (κ2) is 8.11. The first-order valence-electron chi connectivity index (χ1n) is 7.45. The first-order chi connectivity index (χ1) is 11.3. The highest BCUT2D eigenvalue weighted by Gasteiger charge is 2.18. The Labute approximate surface area is 151 Å². The van der Waals surface area contributed by atoms with Gasteiger partial charge in [-0.15, -0.1) is 11.3 Å². The summed E-state index contributed by atoms with van der Waals surface area (Å²) in [5.74, 6) is -0.166. The van der Waals surface area contributed by atoms with Gasteiger partial charge < -0.3 is 4.90 Å². The third-order valence-corrected chi connectivity index (χ3v) is 6.83. The number of halogens is 1. The molecule has 24 heavy (non-hydrogen) atoms. The van der Waals surface area contributed by atoms with Gasteiger partial charge in [0.2, 0.25) is 15.9 Å². The SMILES string of the molecule is CCc1ccc(S(=O)(=O)NCCN(C(C)=O)c2ccc(Cl)cc2)s1. The van der Waals surface area contributed by atoms with E-state index < -0.39 is 10.0 Å². The van der Waals surface area contributed by atoms with Gasteiger partial charge >= 0.3 is 0 Å². The van der Waals surface area contributed by atoms with E-state index in [1.54, 1.807) is 30.3 Å². The zero-order chi connectivity index (χ0) is 17.7. The standard InChI is InChI=1S/C16H19ClN2O3S2/c1-3-15-8-9-16(23-15)24(21,22)18-10-11-19(12(2)20)14-6-4-13(17)5-7-14/h4-9,18H,3,10-11H2,1-2H3. The summed E-state index contributed by atoms with van der Waals surface area (Å²) in [5, 5.41) is 0.576. The van der Waals surface area contributed by atoms with Crippen LogP contribution in [0, 0.1) is 0 Å². The lowest BCUT2D eigenvalue weighted by Gasteiger charge is -2.21. The summed E-state index contributed by atoms with van der Waals surface area (Å²) in [6.07, 6.45) is 0.800. The Morgan fingerprint density at radius 1 is 1.21 bits per heavy atom. The van der Waals surface area contributed by atoms with Crippen molar-refractivity contribution in [3.05, 3.63) is 46.3 Å². The number of hydrogen-bond acceptors (Lipinski definition) is 4. The van der Waals surface area contributed by atoms with E-state index >= 15 is 0 Å². The highest BCUT2D eigenvalue weighted by molar-refractivity contribution is 7.91. The molecule has 0 radical (unpaired) electrons. The monoisotopic (exact) mass is 386 g/mol. The van der Waals surface area contributed by atoms with Gasteiger partial charge in [-0.25, -0.2) is 13.1 Å². The molecule has 5 nitrogen and oxygen atoms in total. The quantitative estimate of drug-likeness (QED) is 0.793. The van der Waals surface area contributed by atoms with Gasteiger partial charge in [0.25, 0.3) is 0 Å². The van der Waals surface area contributed by atoms with Crippen molar-refractivity contribution in [2.45, 2.75) is 24.5 Å². The zero-order valence-corrected chi connectivity index (χ0v) is 15.8. The van der Waals surface area contributed by atoms with Crippen molar-refractivity contribution >= 4 is 44.6 Å². The number of anilines is 1. The van der Waals surface area contributed by atoms with Gasteiger partial charge in [0.05, 0.1) is 0 Å². The molecule has 0 saturated carbocycles. The fourth-order valence-electron chi connectivity index (χ4n) is 2.15. The van der Waals surface area contributed by atoms with Crippen molar-refractivity contribution in [2.24, 2.45) is 0 Å². The van der Waals surface area contributed by atoms with Crippen molar-refractivity contribution in [2.75, 3.05) is 18.0 Å². The van der Waals surface area contributed by atoms with Crippen molar-refractivity contribution in [1.29, 1.82) is 0 Å². The number of benzene rings is 1. The van der Waals surface area contributed by atoms with Crippen LogP contribution in [0.15, 0.2) is 40.6 Å². The number of carbonyl (C=O) groups is 1. The molecule has 1 N–H and O–H groups in total. The van der Waals surface area contributed by atoms with Crippen molar-refractivity contribution in [3.63, 3.8) is 0 Å². The van der Waals surface area contributed by atoms with Crippen LogP contribution in [0.3, 0.4) is 0 Å².